The summed E-state index contributed by atoms with van der Waals surface area (Å²) in [5.41, 5.74) is 2.03. The van der Waals surface area contributed by atoms with Crippen LogP contribution in [0.5, 0.6) is 0 Å². The van der Waals surface area contributed by atoms with Gasteiger partial charge in [0.2, 0.25) is 5.91 Å². The van der Waals surface area contributed by atoms with Gasteiger partial charge in [-0.15, -0.1) is 0 Å². The molecule has 3 rings (SSSR count). The SMILES string of the molecule is CC(C)CN1C(=O)C(=O)N(CC(=O)N(CCc2ccccc2)Cc2ccccc2)C1=O. The first-order valence-corrected chi connectivity index (χ1v) is 10.4. The lowest BCUT2D eigenvalue weighted by atomic mass is 10.1. The van der Waals surface area contributed by atoms with Crippen molar-refractivity contribution in [2.45, 2.75) is 26.8 Å². The second kappa shape index (κ2) is 10.0. The summed E-state index contributed by atoms with van der Waals surface area (Å²) in [7, 11) is 0. The highest BCUT2D eigenvalue weighted by molar-refractivity contribution is 6.45. The monoisotopic (exact) mass is 421 g/mol. The van der Waals surface area contributed by atoms with Gasteiger partial charge in [0.25, 0.3) is 0 Å². The van der Waals surface area contributed by atoms with E-state index in [-0.39, 0.29) is 18.4 Å². The molecule has 31 heavy (non-hydrogen) atoms. The first-order valence-electron chi connectivity index (χ1n) is 10.4. The minimum Gasteiger partial charge on any atom is -0.336 e. The molecule has 162 valence electrons. The van der Waals surface area contributed by atoms with E-state index in [4.69, 9.17) is 0 Å². The molecule has 0 radical (unpaired) electrons. The smallest absolute Gasteiger partial charge is 0.334 e. The first-order chi connectivity index (χ1) is 14.9. The maximum absolute atomic E-state index is 13.1. The standard InChI is InChI=1S/C24H27N3O4/c1-18(2)15-26-22(29)23(30)27(24(26)31)17-21(28)25(16-20-11-7-4-8-12-20)14-13-19-9-5-3-6-10-19/h3-12,18H,13-17H2,1-2H3. The quantitative estimate of drug-likeness (QED) is 0.461. The third kappa shape index (κ3) is 5.57. The average Bonchev–Trinajstić information content (AvgIpc) is 2.96. The van der Waals surface area contributed by atoms with Gasteiger partial charge in [-0.05, 0) is 23.5 Å². The molecule has 0 N–H and O–H groups in total. The minimum atomic E-state index is -0.943. The molecule has 7 nitrogen and oxygen atoms in total. The number of carbonyl (C=O) groups is 4. The van der Waals surface area contributed by atoms with Gasteiger partial charge in [-0.3, -0.25) is 19.3 Å². The molecular formula is C24H27N3O4. The minimum absolute atomic E-state index is 0.0248. The highest BCUT2D eigenvalue weighted by Crippen LogP contribution is 2.15. The summed E-state index contributed by atoms with van der Waals surface area (Å²) in [6.07, 6.45) is 0.639. The molecule has 5 amide bonds. The van der Waals surface area contributed by atoms with Crippen LogP contribution in [0, 0.1) is 5.92 Å². The second-order valence-corrected chi connectivity index (χ2v) is 8.02. The van der Waals surface area contributed by atoms with Gasteiger partial charge < -0.3 is 4.90 Å². The van der Waals surface area contributed by atoms with Crippen LogP contribution in [0.4, 0.5) is 4.79 Å². The number of hydrogen-bond acceptors (Lipinski definition) is 4. The molecule has 0 bridgehead atoms. The van der Waals surface area contributed by atoms with Crippen LogP contribution < -0.4 is 0 Å². The Morgan fingerprint density at radius 3 is 1.97 bits per heavy atom. The molecule has 7 heteroatoms. The maximum atomic E-state index is 13.1. The van der Waals surface area contributed by atoms with E-state index < -0.39 is 24.4 Å². The van der Waals surface area contributed by atoms with E-state index in [1.807, 2.05) is 74.5 Å². The number of nitrogens with zero attached hydrogens (tertiary/aromatic N) is 3. The summed E-state index contributed by atoms with van der Waals surface area (Å²) < 4.78 is 0. The van der Waals surface area contributed by atoms with Gasteiger partial charge in [-0.2, -0.15) is 0 Å². The molecule has 0 spiro atoms. The number of hydrogen-bond donors (Lipinski definition) is 0. The van der Waals surface area contributed by atoms with Crippen LogP contribution in [0.2, 0.25) is 0 Å². The van der Waals surface area contributed by atoms with Crippen molar-refractivity contribution in [2.24, 2.45) is 5.92 Å². The molecule has 0 aliphatic carbocycles. The molecule has 0 aromatic heterocycles. The normalized spacial score (nSPS) is 14.0. The lowest BCUT2D eigenvalue weighted by Gasteiger charge is -2.25. The third-order valence-electron chi connectivity index (χ3n) is 5.06. The molecule has 0 saturated carbocycles. The number of carbonyl (C=O) groups excluding carboxylic acids is 4. The van der Waals surface area contributed by atoms with E-state index in [9.17, 15) is 19.2 Å². The van der Waals surface area contributed by atoms with Crippen LogP contribution in [0.15, 0.2) is 60.7 Å². The summed E-state index contributed by atoms with van der Waals surface area (Å²) in [4.78, 5) is 53.6. The summed E-state index contributed by atoms with van der Waals surface area (Å²) >= 11 is 0. The van der Waals surface area contributed by atoms with E-state index >= 15 is 0 Å². The van der Waals surface area contributed by atoms with Gasteiger partial charge in [0.15, 0.2) is 0 Å². The summed E-state index contributed by atoms with van der Waals surface area (Å²) in [6.45, 7) is 4.19. The molecule has 1 saturated heterocycles. The van der Waals surface area contributed by atoms with Crippen molar-refractivity contribution in [3.8, 4) is 0 Å². The van der Waals surface area contributed by atoms with Crippen LogP contribution >= 0.6 is 0 Å². The zero-order valence-corrected chi connectivity index (χ0v) is 17.9. The molecule has 2 aromatic rings. The number of amides is 5. The summed E-state index contributed by atoms with van der Waals surface area (Å²) in [5, 5.41) is 0. The third-order valence-corrected chi connectivity index (χ3v) is 5.06. The van der Waals surface area contributed by atoms with Crippen LogP contribution in [0.3, 0.4) is 0 Å². The fraction of sp³-hybridized carbons (Fsp3) is 0.333. The van der Waals surface area contributed by atoms with Crippen molar-refractivity contribution >= 4 is 23.8 Å². The predicted octanol–water partition coefficient (Wildman–Crippen LogP) is 2.70. The Bertz CT molecular complexity index is 944. The Kier molecular flexibility index (Phi) is 7.18. The van der Waals surface area contributed by atoms with Crippen molar-refractivity contribution < 1.29 is 19.2 Å². The van der Waals surface area contributed by atoms with E-state index in [2.05, 4.69) is 0 Å². The number of imide groups is 2. The highest BCUT2D eigenvalue weighted by Gasteiger charge is 2.45. The highest BCUT2D eigenvalue weighted by atomic mass is 16.2. The predicted molar refractivity (Wildman–Crippen MR) is 116 cm³/mol. The maximum Gasteiger partial charge on any atom is 0.334 e. The number of benzene rings is 2. The Morgan fingerprint density at radius 2 is 1.39 bits per heavy atom. The molecule has 0 unspecified atom stereocenters. The Balaban J connectivity index is 1.73. The number of urea groups is 1. The van der Waals surface area contributed by atoms with Gasteiger partial charge in [0.05, 0.1) is 0 Å². The first kappa shape index (κ1) is 22.2. The fourth-order valence-electron chi connectivity index (χ4n) is 3.46. The Morgan fingerprint density at radius 1 is 0.839 bits per heavy atom. The van der Waals surface area contributed by atoms with Crippen LogP contribution in [0.25, 0.3) is 0 Å². The summed E-state index contributed by atoms with van der Waals surface area (Å²) in [5.74, 6) is -2.16. The van der Waals surface area contributed by atoms with E-state index in [0.717, 1.165) is 20.9 Å². The Labute approximate surface area is 182 Å². The second-order valence-electron chi connectivity index (χ2n) is 8.02. The molecule has 1 fully saturated rings. The van der Waals surface area contributed by atoms with Crippen molar-refractivity contribution in [1.82, 2.24) is 14.7 Å². The summed E-state index contributed by atoms with van der Waals surface area (Å²) in [6, 6.07) is 18.6. The lowest BCUT2D eigenvalue weighted by molar-refractivity contribution is -0.145. The molecule has 0 atom stereocenters. The molecule has 1 heterocycles. The zero-order valence-electron chi connectivity index (χ0n) is 17.9. The van der Waals surface area contributed by atoms with Crippen LogP contribution in [-0.4, -0.2) is 58.1 Å². The molecular weight excluding hydrogens is 394 g/mol. The molecule has 1 aliphatic rings. The van der Waals surface area contributed by atoms with Crippen LogP contribution in [0.1, 0.15) is 25.0 Å². The largest absolute Gasteiger partial charge is 0.336 e. The van der Waals surface area contributed by atoms with E-state index in [1.165, 1.54) is 0 Å². The topological polar surface area (TPSA) is 78.0 Å². The van der Waals surface area contributed by atoms with Crippen molar-refractivity contribution in [3.05, 3.63) is 71.8 Å². The van der Waals surface area contributed by atoms with Gasteiger partial charge >= 0.3 is 17.8 Å². The van der Waals surface area contributed by atoms with Gasteiger partial charge in [-0.1, -0.05) is 74.5 Å². The van der Waals surface area contributed by atoms with E-state index in [1.54, 1.807) is 4.90 Å². The van der Waals surface area contributed by atoms with Crippen molar-refractivity contribution in [1.29, 1.82) is 0 Å². The number of rotatable bonds is 9. The van der Waals surface area contributed by atoms with Crippen LogP contribution in [-0.2, 0) is 27.3 Å². The molecule has 2 aromatic carbocycles. The van der Waals surface area contributed by atoms with Crippen molar-refractivity contribution in [2.75, 3.05) is 19.6 Å². The zero-order chi connectivity index (χ0) is 22.4. The molecule has 1 aliphatic heterocycles. The van der Waals surface area contributed by atoms with E-state index in [0.29, 0.717) is 19.5 Å². The van der Waals surface area contributed by atoms with Gasteiger partial charge in [-0.25, -0.2) is 9.69 Å². The average molecular weight is 421 g/mol. The fourth-order valence-corrected chi connectivity index (χ4v) is 3.46. The lowest BCUT2D eigenvalue weighted by Crippen LogP contribution is -2.44. The van der Waals surface area contributed by atoms with Gasteiger partial charge in [0.1, 0.15) is 6.54 Å². The van der Waals surface area contributed by atoms with Crippen molar-refractivity contribution in [3.63, 3.8) is 0 Å². The van der Waals surface area contributed by atoms with Gasteiger partial charge in [0, 0.05) is 19.6 Å². The Hall–Kier alpha value is -3.48.